The number of aromatic amines is 1. The molecule has 5 heteroatoms. The van der Waals surface area contributed by atoms with Crippen LogP contribution >= 0.6 is 0 Å². The van der Waals surface area contributed by atoms with Crippen molar-refractivity contribution >= 4 is 21.8 Å². The largest absolute Gasteiger partial charge is 0.416 e. The Morgan fingerprint density at radius 1 is 0.917 bits per heavy atom. The molecule has 0 aliphatic rings. The second-order valence-corrected chi connectivity index (χ2v) is 5.83. The molecule has 0 spiro atoms. The summed E-state index contributed by atoms with van der Waals surface area (Å²) in [6.45, 7) is 2.02. The second-order valence-electron chi connectivity index (χ2n) is 5.83. The zero-order chi connectivity index (χ0) is 16.9. The molecule has 2 aromatic heterocycles. The van der Waals surface area contributed by atoms with Crippen molar-refractivity contribution in [3.63, 3.8) is 0 Å². The van der Waals surface area contributed by atoms with Crippen molar-refractivity contribution in [3.8, 4) is 11.3 Å². The molecule has 2 nitrogen and oxygen atoms in total. The lowest BCUT2D eigenvalue weighted by molar-refractivity contribution is -0.137. The van der Waals surface area contributed by atoms with E-state index in [2.05, 4.69) is 16.0 Å². The van der Waals surface area contributed by atoms with Crippen LogP contribution in [0.5, 0.6) is 0 Å². The molecule has 0 aliphatic carbocycles. The van der Waals surface area contributed by atoms with Crippen LogP contribution in [0.15, 0.2) is 54.7 Å². The third-order valence-corrected chi connectivity index (χ3v) is 4.16. The molecular formula is C19H13F3N2. The van der Waals surface area contributed by atoms with E-state index in [1.807, 2.05) is 25.1 Å². The summed E-state index contributed by atoms with van der Waals surface area (Å²) in [4.78, 5) is 7.71. The predicted molar refractivity (Wildman–Crippen MR) is 88.8 cm³/mol. The lowest BCUT2D eigenvalue weighted by atomic mass is 10.1. The summed E-state index contributed by atoms with van der Waals surface area (Å²) in [5.74, 6) is 0. The van der Waals surface area contributed by atoms with Gasteiger partial charge in [-0.3, -0.25) is 4.98 Å². The summed E-state index contributed by atoms with van der Waals surface area (Å²) in [6.07, 6.45) is -2.65. The average Bonchev–Trinajstić information content (AvgIpc) is 2.92. The number of hydrogen-bond donors (Lipinski definition) is 1. The van der Waals surface area contributed by atoms with Gasteiger partial charge in [0.05, 0.1) is 16.8 Å². The minimum absolute atomic E-state index is 0.648. The first-order chi connectivity index (χ1) is 11.4. The fraction of sp³-hybridized carbons (Fsp3) is 0.105. The number of nitrogens with one attached hydrogen (secondary N) is 1. The first kappa shape index (κ1) is 14.8. The van der Waals surface area contributed by atoms with Crippen LogP contribution in [-0.2, 0) is 6.18 Å². The lowest BCUT2D eigenvalue weighted by Crippen LogP contribution is -2.04. The lowest BCUT2D eigenvalue weighted by Gasteiger charge is -2.08. The number of rotatable bonds is 1. The van der Waals surface area contributed by atoms with E-state index in [0.29, 0.717) is 11.3 Å². The zero-order valence-corrected chi connectivity index (χ0v) is 12.8. The summed E-state index contributed by atoms with van der Waals surface area (Å²) < 4.78 is 38.2. The van der Waals surface area contributed by atoms with Crippen molar-refractivity contribution in [2.24, 2.45) is 0 Å². The summed E-state index contributed by atoms with van der Waals surface area (Å²) in [5.41, 5.74) is 3.60. The van der Waals surface area contributed by atoms with E-state index in [1.54, 1.807) is 6.20 Å². The monoisotopic (exact) mass is 326 g/mol. The third kappa shape index (κ3) is 2.33. The molecule has 0 saturated heterocycles. The van der Waals surface area contributed by atoms with Gasteiger partial charge in [-0.1, -0.05) is 23.8 Å². The molecule has 0 saturated carbocycles. The number of halogens is 3. The Balaban J connectivity index is 1.92. The van der Waals surface area contributed by atoms with Gasteiger partial charge in [-0.2, -0.15) is 13.2 Å². The first-order valence-corrected chi connectivity index (χ1v) is 7.48. The molecule has 24 heavy (non-hydrogen) atoms. The highest BCUT2D eigenvalue weighted by Gasteiger charge is 2.30. The molecule has 0 amide bonds. The van der Waals surface area contributed by atoms with Crippen LogP contribution in [0.4, 0.5) is 13.2 Å². The fourth-order valence-corrected chi connectivity index (χ4v) is 2.97. The number of H-pyrrole nitrogens is 1. The van der Waals surface area contributed by atoms with Crippen LogP contribution in [0.1, 0.15) is 11.1 Å². The van der Waals surface area contributed by atoms with Crippen LogP contribution in [0.25, 0.3) is 33.1 Å². The van der Waals surface area contributed by atoms with Gasteiger partial charge < -0.3 is 4.98 Å². The smallest absolute Gasteiger partial charge is 0.353 e. The predicted octanol–water partition coefficient (Wildman–Crippen LogP) is 5.71. The highest BCUT2D eigenvalue weighted by molar-refractivity contribution is 6.11. The Morgan fingerprint density at radius 3 is 2.38 bits per heavy atom. The van der Waals surface area contributed by atoms with E-state index in [4.69, 9.17) is 0 Å². The Kier molecular flexibility index (Phi) is 3.13. The number of aryl methyl sites for hydroxylation is 1. The molecule has 0 unspecified atom stereocenters. The summed E-state index contributed by atoms with van der Waals surface area (Å²) in [5, 5.41) is 2.10. The quantitative estimate of drug-likeness (QED) is 0.477. The van der Waals surface area contributed by atoms with Crippen molar-refractivity contribution < 1.29 is 13.2 Å². The van der Waals surface area contributed by atoms with Crippen LogP contribution in [0.2, 0.25) is 0 Å². The third-order valence-electron chi connectivity index (χ3n) is 4.16. The number of nitrogens with zero attached hydrogens (tertiary/aromatic N) is 1. The Bertz CT molecular complexity index is 1040. The molecule has 4 rings (SSSR count). The van der Waals surface area contributed by atoms with E-state index in [0.717, 1.165) is 39.5 Å². The molecule has 0 fully saturated rings. The van der Waals surface area contributed by atoms with Gasteiger partial charge in [0.15, 0.2) is 0 Å². The number of fused-ring (bicyclic) bond motifs is 3. The van der Waals surface area contributed by atoms with Gasteiger partial charge >= 0.3 is 6.18 Å². The van der Waals surface area contributed by atoms with E-state index in [1.165, 1.54) is 12.1 Å². The van der Waals surface area contributed by atoms with Crippen molar-refractivity contribution in [3.05, 3.63) is 65.9 Å². The minimum atomic E-state index is -4.34. The number of benzene rings is 2. The molecule has 0 atom stereocenters. The zero-order valence-electron chi connectivity index (χ0n) is 12.8. The van der Waals surface area contributed by atoms with Gasteiger partial charge in [0.2, 0.25) is 0 Å². The molecule has 2 heterocycles. The van der Waals surface area contributed by atoms with Gasteiger partial charge in [0.1, 0.15) is 0 Å². The SMILES string of the molecule is Cc1ccc2[nH]c3c(-c4ccc(C(F)(F)F)cc4)nccc3c2c1. The average molecular weight is 326 g/mol. The molecular weight excluding hydrogens is 313 g/mol. The van der Waals surface area contributed by atoms with E-state index in [9.17, 15) is 13.2 Å². The van der Waals surface area contributed by atoms with E-state index >= 15 is 0 Å². The molecule has 0 bridgehead atoms. The highest BCUT2D eigenvalue weighted by Crippen LogP contribution is 2.34. The van der Waals surface area contributed by atoms with Gasteiger partial charge in [0.25, 0.3) is 0 Å². The second kappa shape index (κ2) is 5.09. The Hall–Kier alpha value is -2.82. The summed E-state index contributed by atoms with van der Waals surface area (Å²) in [7, 11) is 0. The molecule has 0 aliphatic heterocycles. The number of aromatic nitrogens is 2. The fourth-order valence-electron chi connectivity index (χ4n) is 2.97. The van der Waals surface area contributed by atoms with Crippen LogP contribution in [0, 0.1) is 6.92 Å². The number of pyridine rings is 1. The van der Waals surface area contributed by atoms with Crippen molar-refractivity contribution in [2.45, 2.75) is 13.1 Å². The maximum Gasteiger partial charge on any atom is 0.416 e. The van der Waals surface area contributed by atoms with Gasteiger partial charge in [-0.15, -0.1) is 0 Å². The first-order valence-electron chi connectivity index (χ1n) is 7.48. The number of alkyl halides is 3. The molecule has 2 aromatic carbocycles. The number of hydrogen-bond acceptors (Lipinski definition) is 1. The summed E-state index contributed by atoms with van der Waals surface area (Å²) in [6, 6.07) is 13.1. The summed E-state index contributed by atoms with van der Waals surface area (Å²) >= 11 is 0. The van der Waals surface area contributed by atoms with Crippen LogP contribution < -0.4 is 0 Å². The Morgan fingerprint density at radius 2 is 1.67 bits per heavy atom. The topological polar surface area (TPSA) is 28.7 Å². The molecule has 1 N–H and O–H groups in total. The highest BCUT2D eigenvalue weighted by atomic mass is 19.4. The van der Waals surface area contributed by atoms with Crippen molar-refractivity contribution in [1.82, 2.24) is 9.97 Å². The van der Waals surface area contributed by atoms with Crippen LogP contribution in [-0.4, -0.2) is 9.97 Å². The van der Waals surface area contributed by atoms with E-state index < -0.39 is 11.7 Å². The van der Waals surface area contributed by atoms with Gasteiger partial charge in [-0.25, -0.2) is 0 Å². The van der Waals surface area contributed by atoms with Gasteiger partial charge in [-0.05, 0) is 37.3 Å². The molecule has 0 radical (unpaired) electrons. The minimum Gasteiger partial charge on any atom is -0.353 e. The van der Waals surface area contributed by atoms with Crippen molar-refractivity contribution in [1.29, 1.82) is 0 Å². The van der Waals surface area contributed by atoms with E-state index in [-0.39, 0.29) is 0 Å². The standard InChI is InChI=1S/C19H13F3N2/c1-11-2-7-16-15(10-11)14-8-9-23-17(18(14)24-16)12-3-5-13(6-4-12)19(20,21)22/h2-10,24H,1H3. The van der Waals surface area contributed by atoms with Crippen molar-refractivity contribution in [2.75, 3.05) is 0 Å². The van der Waals surface area contributed by atoms with Gasteiger partial charge in [0, 0.05) is 28.0 Å². The molecule has 4 aromatic rings. The normalized spacial score (nSPS) is 12.2. The van der Waals surface area contributed by atoms with Crippen LogP contribution in [0.3, 0.4) is 0 Å². The molecule has 120 valence electrons. The maximum atomic E-state index is 12.7. The maximum absolute atomic E-state index is 12.7. The Labute approximate surface area is 136 Å².